The molecule has 0 saturated carbocycles. The Morgan fingerprint density at radius 2 is 2.13 bits per heavy atom. The van der Waals surface area contributed by atoms with E-state index >= 15 is 0 Å². The average molecular weight is 336 g/mol. The van der Waals surface area contributed by atoms with Gasteiger partial charge in [-0.3, -0.25) is 0 Å². The quantitative estimate of drug-likeness (QED) is 0.846. The fourth-order valence-corrected chi connectivity index (χ4v) is 2.98. The average Bonchev–Trinajstić information content (AvgIpc) is 3.13. The van der Waals surface area contributed by atoms with E-state index in [0.717, 1.165) is 29.5 Å². The van der Waals surface area contributed by atoms with Gasteiger partial charge in [0.2, 0.25) is 0 Å². The maximum absolute atomic E-state index is 11.8. The van der Waals surface area contributed by atoms with Crippen LogP contribution in [0.1, 0.15) is 44.2 Å². The number of aromatic nitrogens is 4. The zero-order chi connectivity index (χ0) is 16.9. The van der Waals surface area contributed by atoms with Gasteiger partial charge in [0.1, 0.15) is 6.33 Å². The van der Waals surface area contributed by atoms with Crippen LogP contribution in [0.2, 0.25) is 0 Å². The van der Waals surface area contributed by atoms with Gasteiger partial charge in [0, 0.05) is 30.3 Å². The van der Waals surface area contributed by atoms with Gasteiger partial charge in [-0.15, -0.1) is 21.5 Å². The van der Waals surface area contributed by atoms with Crippen LogP contribution in [0.15, 0.2) is 11.7 Å². The lowest BCUT2D eigenvalue weighted by Gasteiger charge is -2.14. The molecule has 2 aromatic rings. The smallest absolute Gasteiger partial charge is 0.315 e. The highest BCUT2D eigenvalue weighted by molar-refractivity contribution is 7.09. The molecule has 0 atom stereocenters. The van der Waals surface area contributed by atoms with Crippen LogP contribution < -0.4 is 10.6 Å². The number of hydrogen-bond acceptors (Lipinski definition) is 5. The highest BCUT2D eigenvalue weighted by Crippen LogP contribution is 2.23. The number of carbonyl (C=O) groups excluding carboxylic acids is 1. The first-order chi connectivity index (χ1) is 10.9. The number of amides is 2. The minimum absolute atomic E-state index is 0.0643. The molecular formula is C15H24N6OS. The first-order valence-corrected chi connectivity index (χ1v) is 8.61. The molecule has 0 unspecified atom stereocenters. The first-order valence-electron chi connectivity index (χ1n) is 7.73. The molecule has 0 saturated heterocycles. The van der Waals surface area contributed by atoms with E-state index in [-0.39, 0.29) is 11.4 Å². The van der Waals surface area contributed by atoms with Crippen LogP contribution in [-0.2, 0) is 24.9 Å². The van der Waals surface area contributed by atoms with Crippen molar-refractivity contribution in [3.63, 3.8) is 0 Å². The van der Waals surface area contributed by atoms with Gasteiger partial charge >= 0.3 is 6.03 Å². The van der Waals surface area contributed by atoms with E-state index in [1.165, 1.54) is 0 Å². The predicted octanol–water partition coefficient (Wildman–Crippen LogP) is 2.09. The summed E-state index contributed by atoms with van der Waals surface area (Å²) in [4.78, 5) is 16.4. The van der Waals surface area contributed by atoms with E-state index in [0.29, 0.717) is 13.1 Å². The van der Waals surface area contributed by atoms with E-state index < -0.39 is 0 Å². The molecule has 2 amide bonds. The number of urea groups is 1. The normalized spacial score (nSPS) is 11.5. The van der Waals surface area contributed by atoms with Crippen molar-refractivity contribution in [2.45, 2.75) is 52.6 Å². The summed E-state index contributed by atoms with van der Waals surface area (Å²) in [7, 11) is 0. The van der Waals surface area contributed by atoms with Gasteiger partial charge in [0.25, 0.3) is 0 Å². The molecule has 2 aromatic heterocycles. The molecule has 0 aromatic carbocycles. The van der Waals surface area contributed by atoms with E-state index in [9.17, 15) is 4.79 Å². The number of hydrogen-bond donors (Lipinski definition) is 2. The molecule has 126 valence electrons. The molecule has 0 aliphatic rings. The van der Waals surface area contributed by atoms with E-state index in [4.69, 9.17) is 0 Å². The van der Waals surface area contributed by atoms with Gasteiger partial charge < -0.3 is 15.2 Å². The maximum Gasteiger partial charge on any atom is 0.315 e. The number of nitrogens with zero attached hydrogens (tertiary/aromatic N) is 4. The lowest BCUT2D eigenvalue weighted by molar-refractivity contribution is 0.240. The van der Waals surface area contributed by atoms with E-state index in [2.05, 4.69) is 52.0 Å². The van der Waals surface area contributed by atoms with Gasteiger partial charge in [0.15, 0.2) is 5.82 Å². The van der Waals surface area contributed by atoms with Crippen molar-refractivity contribution < 1.29 is 4.79 Å². The Labute approximate surface area is 140 Å². The standard InChI is InChI=1S/C15H24N6OS/c1-5-21-10-18-20-12(21)8-17-14(22)16-7-6-13-19-11(9-23-13)15(2,3)4/h9-10H,5-8H2,1-4H3,(H2,16,17,22). The SMILES string of the molecule is CCn1cnnc1CNC(=O)NCCc1nc(C(C)(C)C)cs1. The molecule has 7 nitrogen and oxygen atoms in total. The Hall–Kier alpha value is -1.96. The van der Waals surface area contributed by atoms with Gasteiger partial charge in [-0.05, 0) is 6.92 Å². The Bertz CT molecular complexity index is 642. The highest BCUT2D eigenvalue weighted by Gasteiger charge is 2.17. The summed E-state index contributed by atoms with van der Waals surface area (Å²) >= 11 is 1.64. The van der Waals surface area contributed by atoms with Crippen molar-refractivity contribution in [3.8, 4) is 0 Å². The van der Waals surface area contributed by atoms with E-state index in [1.807, 2.05) is 11.5 Å². The van der Waals surface area contributed by atoms with Crippen molar-refractivity contribution in [2.75, 3.05) is 6.54 Å². The lowest BCUT2D eigenvalue weighted by Crippen LogP contribution is -2.36. The third-order valence-electron chi connectivity index (χ3n) is 3.39. The molecular weight excluding hydrogens is 312 g/mol. The topological polar surface area (TPSA) is 84.7 Å². The summed E-state index contributed by atoms with van der Waals surface area (Å²) in [5.41, 5.74) is 1.16. The second-order valence-electron chi connectivity index (χ2n) is 6.27. The monoisotopic (exact) mass is 336 g/mol. The Morgan fingerprint density at radius 1 is 1.35 bits per heavy atom. The minimum atomic E-state index is -0.205. The van der Waals surface area contributed by atoms with Crippen molar-refractivity contribution >= 4 is 17.4 Å². The van der Waals surface area contributed by atoms with E-state index in [1.54, 1.807) is 17.7 Å². The summed E-state index contributed by atoms with van der Waals surface area (Å²) in [6, 6.07) is -0.205. The number of aryl methyl sites for hydroxylation is 1. The van der Waals surface area contributed by atoms with Crippen LogP contribution in [0.4, 0.5) is 4.79 Å². The largest absolute Gasteiger partial charge is 0.338 e. The summed E-state index contributed by atoms with van der Waals surface area (Å²) in [6.45, 7) is 10.2. The van der Waals surface area contributed by atoms with Crippen LogP contribution in [0.25, 0.3) is 0 Å². The molecule has 0 aliphatic carbocycles. The molecule has 0 bridgehead atoms. The summed E-state index contributed by atoms with van der Waals surface area (Å²) in [6.07, 6.45) is 2.39. The van der Waals surface area contributed by atoms with Crippen molar-refractivity contribution in [3.05, 3.63) is 28.2 Å². The van der Waals surface area contributed by atoms with Gasteiger partial charge in [-0.25, -0.2) is 9.78 Å². The summed E-state index contributed by atoms with van der Waals surface area (Å²) < 4.78 is 1.89. The molecule has 0 spiro atoms. The lowest BCUT2D eigenvalue weighted by atomic mass is 9.93. The number of nitrogens with one attached hydrogen (secondary N) is 2. The first kappa shape index (κ1) is 17.4. The predicted molar refractivity (Wildman–Crippen MR) is 90.5 cm³/mol. The maximum atomic E-state index is 11.8. The molecule has 2 heterocycles. The molecule has 2 N–H and O–H groups in total. The van der Waals surface area contributed by atoms with Crippen LogP contribution in [0, 0.1) is 0 Å². The van der Waals surface area contributed by atoms with Gasteiger partial charge in [-0.2, -0.15) is 0 Å². The second-order valence-corrected chi connectivity index (χ2v) is 7.21. The fourth-order valence-electron chi connectivity index (χ4n) is 1.95. The molecule has 8 heteroatoms. The fraction of sp³-hybridized carbons (Fsp3) is 0.600. The minimum Gasteiger partial charge on any atom is -0.338 e. The van der Waals surface area contributed by atoms with Crippen molar-refractivity contribution in [1.82, 2.24) is 30.4 Å². The van der Waals surface area contributed by atoms with Crippen LogP contribution >= 0.6 is 11.3 Å². The molecule has 2 rings (SSSR count). The Balaban J connectivity index is 1.72. The van der Waals surface area contributed by atoms with Crippen LogP contribution in [0.5, 0.6) is 0 Å². The zero-order valence-corrected chi connectivity index (χ0v) is 14.9. The van der Waals surface area contributed by atoms with Gasteiger partial charge in [0.05, 0.1) is 17.2 Å². The van der Waals surface area contributed by atoms with Crippen molar-refractivity contribution in [1.29, 1.82) is 0 Å². The number of rotatable bonds is 6. The molecule has 0 aliphatic heterocycles. The zero-order valence-electron chi connectivity index (χ0n) is 14.1. The third kappa shape index (κ3) is 5.02. The summed E-state index contributed by atoms with van der Waals surface area (Å²) in [5, 5.41) is 16.6. The number of carbonyl (C=O) groups is 1. The van der Waals surface area contributed by atoms with Crippen molar-refractivity contribution in [2.24, 2.45) is 0 Å². The van der Waals surface area contributed by atoms with Crippen LogP contribution in [0.3, 0.4) is 0 Å². The molecule has 0 fully saturated rings. The second kappa shape index (κ2) is 7.54. The highest BCUT2D eigenvalue weighted by atomic mass is 32.1. The number of thiazole rings is 1. The third-order valence-corrected chi connectivity index (χ3v) is 4.30. The van der Waals surface area contributed by atoms with Crippen LogP contribution in [-0.4, -0.2) is 32.3 Å². The molecule has 23 heavy (non-hydrogen) atoms. The van der Waals surface area contributed by atoms with Gasteiger partial charge in [-0.1, -0.05) is 20.8 Å². The summed E-state index contributed by atoms with van der Waals surface area (Å²) in [5.74, 6) is 0.748. The Kier molecular flexibility index (Phi) is 5.70. The molecule has 0 radical (unpaired) electrons. The Morgan fingerprint density at radius 3 is 2.78 bits per heavy atom.